The van der Waals surface area contributed by atoms with Crippen LogP contribution in [0.4, 0.5) is 0 Å². The molecule has 0 fully saturated rings. The minimum Gasteiger partial charge on any atom is -0.0580 e. The third kappa shape index (κ3) is 2.04. The summed E-state index contributed by atoms with van der Waals surface area (Å²) in [6.07, 6.45) is 5.82. The quantitative estimate of drug-likeness (QED) is 0.545. The second kappa shape index (κ2) is 4.64. The lowest BCUT2D eigenvalue weighted by Gasteiger charge is -2.31. The van der Waals surface area contributed by atoms with Crippen molar-refractivity contribution in [3.63, 3.8) is 0 Å². The van der Waals surface area contributed by atoms with Crippen molar-refractivity contribution >= 4 is 37.4 Å². The second-order valence-corrected chi connectivity index (χ2v) is 7.33. The van der Waals surface area contributed by atoms with E-state index in [4.69, 9.17) is 0 Å². The summed E-state index contributed by atoms with van der Waals surface area (Å²) in [4.78, 5) is 0. The SMILES string of the molecule is Cc1cc(Br)cc2c1C1=C(C=C(Br)CC1C)CC2. The van der Waals surface area contributed by atoms with E-state index in [1.807, 2.05) is 0 Å². The molecule has 0 saturated carbocycles. The van der Waals surface area contributed by atoms with Crippen LogP contribution in [0.15, 0.2) is 32.7 Å². The van der Waals surface area contributed by atoms with E-state index in [0.29, 0.717) is 5.92 Å². The molecule has 1 aromatic rings. The largest absolute Gasteiger partial charge is 0.0580 e. The highest BCUT2D eigenvalue weighted by molar-refractivity contribution is 9.11. The van der Waals surface area contributed by atoms with Gasteiger partial charge in [-0.1, -0.05) is 38.8 Å². The Morgan fingerprint density at radius 3 is 2.72 bits per heavy atom. The minimum atomic E-state index is 0.623. The van der Waals surface area contributed by atoms with E-state index in [1.165, 1.54) is 32.1 Å². The van der Waals surface area contributed by atoms with Crippen LogP contribution in [0.2, 0.25) is 0 Å². The zero-order valence-electron chi connectivity index (χ0n) is 10.7. The van der Waals surface area contributed by atoms with Gasteiger partial charge >= 0.3 is 0 Å². The van der Waals surface area contributed by atoms with Crippen LogP contribution in [0.25, 0.3) is 5.57 Å². The van der Waals surface area contributed by atoms with Gasteiger partial charge in [0.1, 0.15) is 0 Å². The van der Waals surface area contributed by atoms with Crippen LogP contribution < -0.4 is 0 Å². The van der Waals surface area contributed by atoms with Crippen molar-refractivity contribution in [2.75, 3.05) is 0 Å². The Morgan fingerprint density at radius 1 is 1.17 bits per heavy atom. The Bertz CT molecular complexity index is 579. The molecule has 18 heavy (non-hydrogen) atoms. The smallest absolute Gasteiger partial charge is 0.0181 e. The molecule has 0 amide bonds. The fourth-order valence-corrected chi connectivity index (χ4v) is 4.70. The van der Waals surface area contributed by atoms with E-state index < -0.39 is 0 Å². The molecule has 0 N–H and O–H groups in total. The zero-order chi connectivity index (χ0) is 12.9. The average Bonchev–Trinajstić information content (AvgIpc) is 2.28. The third-order valence-corrected chi connectivity index (χ3v) is 5.00. The van der Waals surface area contributed by atoms with Crippen molar-refractivity contribution in [3.05, 3.63) is 49.4 Å². The Kier molecular flexibility index (Phi) is 3.27. The molecule has 3 rings (SSSR count). The van der Waals surface area contributed by atoms with Crippen molar-refractivity contribution in [2.45, 2.75) is 33.1 Å². The van der Waals surface area contributed by atoms with Crippen molar-refractivity contribution in [2.24, 2.45) is 5.92 Å². The Labute approximate surface area is 125 Å². The van der Waals surface area contributed by atoms with Crippen LogP contribution in [-0.4, -0.2) is 0 Å². The molecule has 1 atom stereocenters. The summed E-state index contributed by atoms with van der Waals surface area (Å²) >= 11 is 7.30. The van der Waals surface area contributed by atoms with E-state index >= 15 is 0 Å². The highest BCUT2D eigenvalue weighted by atomic mass is 79.9. The second-order valence-electron chi connectivity index (χ2n) is 5.39. The number of rotatable bonds is 0. The van der Waals surface area contributed by atoms with E-state index in [2.05, 4.69) is 63.9 Å². The lowest BCUT2D eigenvalue weighted by molar-refractivity contribution is 0.725. The van der Waals surface area contributed by atoms with Crippen LogP contribution in [0.1, 0.15) is 36.5 Å². The number of benzene rings is 1. The minimum absolute atomic E-state index is 0.623. The van der Waals surface area contributed by atoms with E-state index in [1.54, 1.807) is 11.1 Å². The van der Waals surface area contributed by atoms with Gasteiger partial charge in [0.25, 0.3) is 0 Å². The molecule has 0 bridgehead atoms. The standard InChI is InChI=1S/C16H16Br2/c1-9-5-13(17)7-11-3-4-12-8-14(18)6-10(2)16(12)15(9)11/h5,7-8,10H,3-4,6H2,1-2H3. The monoisotopic (exact) mass is 366 g/mol. The maximum atomic E-state index is 3.68. The number of allylic oxidation sites excluding steroid dienone is 4. The van der Waals surface area contributed by atoms with E-state index in [-0.39, 0.29) is 0 Å². The fourth-order valence-electron chi connectivity index (χ4n) is 3.32. The topological polar surface area (TPSA) is 0 Å². The van der Waals surface area contributed by atoms with Crippen molar-refractivity contribution in [1.29, 1.82) is 0 Å². The summed E-state index contributed by atoms with van der Waals surface area (Å²) in [5.74, 6) is 0.623. The van der Waals surface area contributed by atoms with Gasteiger partial charge in [-0.3, -0.25) is 0 Å². The highest BCUT2D eigenvalue weighted by Gasteiger charge is 2.27. The van der Waals surface area contributed by atoms with Gasteiger partial charge in [0.15, 0.2) is 0 Å². The predicted octanol–water partition coefficient (Wildman–Crippen LogP) is 5.78. The van der Waals surface area contributed by atoms with Crippen LogP contribution >= 0.6 is 31.9 Å². The molecular weight excluding hydrogens is 352 g/mol. The van der Waals surface area contributed by atoms with E-state index in [9.17, 15) is 0 Å². The lowest BCUT2D eigenvalue weighted by atomic mass is 9.75. The normalized spacial score (nSPS) is 22.4. The first-order valence-corrected chi connectivity index (χ1v) is 8.03. The van der Waals surface area contributed by atoms with Gasteiger partial charge in [0.05, 0.1) is 0 Å². The summed E-state index contributed by atoms with van der Waals surface area (Å²) < 4.78 is 2.56. The van der Waals surface area contributed by atoms with Gasteiger partial charge in [-0.2, -0.15) is 0 Å². The average molecular weight is 368 g/mol. The van der Waals surface area contributed by atoms with Crippen molar-refractivity contribution < 1.29 is 0 Å². The molecule has 2 heteroatoms. The molecule has 0 aromatic heterocycles. The summed E-state index contributed by atoms with van der Waals surface area (Å²) in [6.45, 7) is 4.58. The van der Waals surface area contributed by atoms with E-state index in [0.717, 1.165) is 12.8 Å². The Balaban J connectivity index is 2.24. The first-order chi connectivity index (χ1) is 8.56. The highest BCUT2D eigenvalue weighted by Crippen LogP contribution is 2.45. The molecule has 94 valence electrons. The number of hydrogen-bond donors (Lipinski definition) is 0. The molecule has 0 saturated heterocycles. The predicted molar refractivity (Wildman–Crippen MR) is 84.9 cm³/mol. The van der Waals surface area contributed by atoms with Gasteiger partial charge < -0.3 is 0 Å². The molecule has 2 aliphatic carbocycles. The number of halogens is 2. The molecule has 2 aliphatic rings. The van der Waals surface area contributed by atoms with Gasteiger partial charge in [0.2, 0.25) is 0 Å². The van der Waals surface area contributed by atoms with Crippen molar-refractivity contribution in [3.8, 4) is 0 Å². The Morgan fingerprint density at radius 2 is 1.94 bits per heavy atom. The summed E-state index contributed by atoms with van der Waals surface area (Å²) in [5, 5.41) is 0. The zero-order valence-corrected chi connectivity index (χ0v) is 13.9. The van der Waals surface area contributed by atoms with Gasteiger partial charge in [0, 0.05) is 4.47 Å². The Hall–Kier alpha value is -0.340. The third-order valence-electron chi connectivity index (χ3n) is 3.99. The summed E-state index contributed by atoms with van der Waals surface area (Å²) in [7, 11) is 0. The molecule has 0 aliphatic heterocycles. The van der Waals surface area contributed by atoms with Crippen LogP contribution in [0.3, 0.4) is 0 Å². The first-order valence-electron chi connectivity index (χ1n) is 6.44. The van der Waals surface area contributed by atoms with Crippen LogP contribution in [0.5, 0.6) is 0 Å². The van der Waals surface area contributed by atoms with Gasteiger partial charge in [-0.25, -0.2) is 0 Å². The molecule has 0 nitrogen and oxygen atoms in total. The molecule has 1 unspecified atom stereocenters. The maximum absolute atomic E-state index is 3.68. The van der Waals surface area contributed by atoms with Gasteiger partial charge in [-0.15, -0.1) is 0 Å². The van der Waals surface area contributed by atoms with Gasteiger partial charge in [-0.05, 0) is 82.6 Å². The van der Waals surface area contributed by atoms with Crippen molar-refractivity contribution in [1.82, 2.24) is 0 Å². The first kappa shape index (κ1) is 12.7. The molecule has 0 radical (unpaired) electrons. The molecule has 0 spiro atoms. The summed E-state index contributed by atoms with van der Waals surface area (Å²) in [6, 6.07) is 4.54. The summed E-state index contributed by atoms with van der Waals surface area (Å²) in [5.41, 5.74) is 7.56. The fraction of sp³-hybridized carbons (Fsp3) is 0.375. The van der Waals surface area contributed by atoms with Crippen LogP contribution in [-0.2, 0) is 6.42 Å². The molecular formula is C16H16Br2. The number of hydrogen-bond acceptors (Lipinski definition) is 0. The number of aryl methyl sites for hydroxylation is 2. The lowest BCUT2D eigenvalue weighted by Crippen LogP contribution is -2.14. The maximum Gasteiger partial charge on any atom is 0.0181 e. The molecule has 0 heterocycles. The van der Waals surface area contributed by atoms with Crippen LogP contribution in [0, 0.1) is 12.8 Å². The number of fused-ring (bicyclic) bond motifs is 2. The molecule has 1 aromatic carbocycles.